The highest BCUT2D eigenvalue weighted by Gasteiger charge is 2.19. The maximum atomic E-state index is 11.5. The lowest BCUT2D eigenvalue weighted by Crippen LogP contribution is -2.40. The molecule has 4 heteroatoms. The van der Waals surface area contributed by atoms with Gasteiger partial charge in [-0.2, -0.15) is 0 Å². The number of rotatable bonds is 6. The largest absolute Gasteiger partial charge is 0.358 e. The summed E-state index contributed by atoms with van der Waals surface area (Å²) in [5.41, 5.74) is 8.25. The standard InChI is InChI=1S/C14H23N3O/c1-4-17(10-14(18)16-3)13(9-15)12-7-5-11(2)6-8-12/h5-8,13H,4,9-10,15H2,1-3H3,(H,16,18). The fourth-order valence-electron chi connectivity index (χ4n) is 1.99. The maximum absolute atomic E-state index is 11.5. The molecule has 100 valence electrons. The zero-order chi connectivity index (χ0) is 13.5. The van der Waals surface area contributed by atoms with Crippen molar-refractivity contribution in [2.24, 2.45) is 5.73 Å². The number of benzene rings is 1. The molecule has 1 unspecified atom stereocenters. The van der Waals surface area contributed by atoms with Crippen molar-refractivity contribution in [1.82, 2.24) is 10.2 Å². The van der Waals surface area contributed by atoms with E-state index in [2.05, 4.69) is 41.4 Å². The second kappa shape index (κ2) is 7.13. The summed E-state index contributed by atoms with van der Waals surface area (Å²) in [5, 5.41) is 2.65. The Morgan fingerprint density at radius 1 is 1.39 bits per heavy atom. The molecule has 0 spiro atoms. The minimum Gasteiger partial charge on any atom is -0.358 e. The van der Waals surface area contributed by atoms with Gasteiger partial charge >= 0.3 is 0 Å². The van der Waals surface area contributed by atoms with Gasteiger partial charge in [0.05, 0.1) is 6.54 Å². The third kappa shape index (κ3) is 3.82. The van der Waals surface area contributed by atoms with Crippen LogP contribution in [-0.4, -0.2) is 37.5 Å². The molecule has 0 aliphatic carbocycles. The molecular formula is C14H23N3O. The van der Waals surface area contributed by atoms with Gasteiger partial charge in [-0.05, 0) is 19.0 Å². The summed E-state index contributed by atoms with van der Waals surface area (Å²) < 4.78 is 0. The molecule has 1 atom stereocenters. The molecule has 0 radical (unpaired) electrons. The molecule has 0 heterocycles. The van der Waals surface area contributed by atoms with Crippen molar-refractivity contribution < 1.29 is 4.79 Å². The molecule has 0 saturated heterocycles. The lowest BCUT2D eigenvalue weighted by molar-refractivity contribution is -0.122. The molecular weight excluding hydrogens is 226 g/mol. The molecule has 0 aliphatic rings. The average molecular weight is 249 g/mol. The lowest BCUT2D eigenvalue weighted by Gasteiger charge is -2.29. The van der Waals surface area contributed by atoms with Crippen LogP contribution in [0, 0.1) is 6.92 Å². The van der Waals surface area contributed by atoms with Gasteiger partial charge in [-0.15, -0.1) is 0 Å². The van der Waals surface area contributed by atoms with Crippen LogP contribution in [0.1, 0.15) is 24.1 Å². The Morgan fingerprint density at radius 2 is 2.00 bits per heavy atom. The monoisotopic (exact) mass is 249 g/mol. The van der Waals surface area contributed by atoms with Crippen LogP contribution in [0.2, 0.25) is 0 Å². The summed E-state index contributed by atoms with van der Waals surface area (Å²) in [4.78, 5) is 13.6. The molecule has 0 saturated carbocycles. The second-order valence-corrected chi connectivity index (χ2v) is 4.40. The van der Waals surface area contributed by atoms with Crippen molar-refractivity contribution in [2.45, 2.75) is 19.9 Å². The number of amides is 1. The summed E-state index contributed by atoms with van der Waals surface area (Å²) in [6, 6.07) is 8.41. The molecule has 1 amide bonds. The third-order valence-corrected chi connectivity index (χ3v) is 3.16. The van der Waals surface area contributed by atoms with Crippen LogP contribution < -0.4 is 11.1 Å². The summed E-state index contributed by atoms with van der Waals surface area (Å²) in [6.45, 7) is 5.78. The quantitative estimate of drug-likeness (QED) is 0.792. The number of hydrogen-bond acceptors (Lipinski definition) is 3. The van der Waals surface area contributed by atoms with Crippen molar-refractivity contribution in [3.63, 3.8) is 0 Å². The second-order valence-electron chi connectivity index (χ2n) is 4.40. The SMILES string of the molecule is CCN(CC(=O)NC)C(CN)c1ccc(C)cc1. The van der Waals surface area contributed by atoms with E-state index in [0.717, 1.165) is 12.1 Å². The Morgan fingerprint density at radius 3 is 2.44 bits per heavy atom. The van der Waals surface area contributed by atoms with E-state index in [1.165, 1.54) is 5.56 Å². The number of nitrogens with zero attached hydrogens (tertiary/aromatic N) is 1. The first-order chi connectivity index (χ1) is 8.62. The van der Waals surface area contributed by atoms with Gasteiger partial charge in [0, 0.05) is 19.6 Å². The normalized spacial score (nSPS) is 12.5. The highest BCUT2D eigenvalue weighted by molar-refractivity contribution is 5.77. The van der Waals surface area contributed by atoms with E-state index in [4.69, 9.17) is 5.73 Å². The Balaban J connectivity index is 2.85. The first kappa shape index (κ1) is 14.7. The van der Waals surface area contributed by atoms with Crippen molar-refractivity contribution >= 4 is 5.91 Å². The zero-order valence-corrected chi connectivity index (χ0v) is 11.4. The van der Waals surface area contributed by atoms with Gasteiger partial charge in [0.25, 0.3) is 0 Å². The molecule has 3 N–H and O–H groups in total. The van der Waals surface area contributed by atoms with Crippen LogP contribution in [0.15, 0.2) is 24.3 Å². The van der Waals surface area contributed by atoms with Crippen molar-refractivity contribution in [1.29, 1.82) is 0 Å². The molecule has 18 heavy (non-hydrogen) atoms. The molecule has 0 aromatic heterocycles. The molecule has 4 nitrogen and oxygen atoms in total. The van der Waals surface area contributed by atoms with Gasteiger partial charge in [-0.3, -0.25) is 9.69 Å². The van der Waals surface area contributed by atoms with Crippen LogP contribution in [0.5, 0.6) is 0 Å². The summed E-state index contributed by atoms with van der Waals surface area (Å²) in [5.74, 6) is 0.0161. The highest BCUT2D eigenvalue weighted by Crippen LogP contribution is 2.19. The predicted octanol–water partition coefficient (Wildman–Crippen LogP) is 1.06. The van der Waals surface area contributed by atoms with Gasteiger partial charge in [0.2, 0.25) is 5.91 Å². The zero-order valence-electron chi connectivity index (χ0n) is 11.4. The molecule has 1 aromatic rings. The first-order valence-corrected chi connectivity index (χ1v) is 6.33. The molecule has 0 bridgehead atoms. The smallest absolute Gasteiger partial charge is 0.233 e. The third-order valence-electron chi connectivity index (χ3n) is 3.16. The van der Waals surface area contributed by atoms with E-state index in [9.17, 15) is 4.79 Å². The molecule has 0 fully saturated rings. The van der Waals surface area contributed by atoms with Crippen LogP contribution in [0.3, 0.4) is 0 Å². The fraction of sp³-hybridized carbons (Fsp3) is 0.500. The van der Waals surface area contributed by atoms with Gasteiger partial charge in [0.15, 0.2) is 0 Å². The maximum Gasteiger partial charge on any atom is 0.233 e. The number of likely N-dealkylation sites (N-methyl/N-ethyl adjacent to an activating group) is 2. The highest BCUT2D eigenvalue weighted by atomic mass is 16.1. The van der Waals surface area contributed by atoms with E-state index < -0.39 is 0 Å². The number of nitrogens with two attached hydrogens (primary N) is 1. The molecule has 0 aliphatic heterocycles. The summed E-state index contributed by atoms with van der Waals surface area (Å²) in [7, 11) is 1.65. The average Bonchev–Trinajstić information content (AvgIpc) is 2.40. The number of carbonyl (C=O) groups excluding carboxylic acids is 1. The van der Waals surface area contributed by atoms with Gasteiger partial charge < -0.3 is 11.1 Å². The minimum absolute atomic E-state index is 0.0161. The summed E-state index contributed by atoms with van der Waals surface area (Å²) in [6.07, 6.45) is 0. The van der Waals surface area contributed by atoms with E-state index in [1.807, 2.05) is 6.92 Å². The lowest BCUT2D eigenvalue weighted by atomic mass is 10.0. The Bertz CT molecular complexity index is 375. The van der Waals surface area contributed by atoms with Gasteiger partial charge in [-0.1, -0.05) is 36.8 Å². The topological polar surface area (TPSA) is 58.4 Å². The Labute approximate surface area is 109 Å². The van der Waals surface area contributed by atoms with Crippen molar-refractivity contribution in [2.75, 3.05) is 26.7 Å². The first-order valence-electron chi connectivity index (χ1n) is 6.33. The van der Waals surface area contributed by atoms with Gasteiger partial charge in [-0.25, -0.2) is 0 Å². The fourth-order valence-corrected chi connectivity index (χ4v) is 1.99. The number of nitrogens with one attached hydrogen (secondary N) is 1. The van der Waals surface area contributed by atoms with Gasteiger partial charge in [0.1, 0.15) is 0 Å². The summed E-state index contributed by atoms with van der Waals surface area (Å²) >= 11 is 0. The predicted molar refractivity (Wildman–Crippen MR) is 74.3 cm³/mol. The Kier molecular flexibility index (Phi) is 5.82. The van der Waals surface area contributed by atoms with Crippen molar-refractivity contribution in [3.8, 4) is 0 Å². The van der Waals surface area contributed by atoms with Crippen LogP contribution >= 0.6 is 0 Å². The van der Waals surface area contributed by atoms with Crippen LogP contribution in [0.25, 0.3) is 0 Å². The van der Waals surface area contributed by atoms with Crippen LogP contribution in [0.4, 0.5) is 0 Å². The van der Waals surface area contributed by atoms with Crippen LogP contribution in [-0.2, 0) is 4.79 Å². The van der Waals surface area contributed by atoms with E-state index >= 15 is 0 Å². The van der Waals surface area contributed by atoms with E-state index in [0.29, 0.717) is 13.1 Å². The Hall–Kier alpha value is -1.39. The number of hydrogen-bond donors (Lipinski definition) is 2. The van der Waals surface area contributed by atoms with E-state index in [1.54, 1.807) is 7.05 Å². The minimum atomic E-state index is 0.0161. The molecule has 1 rings (SSSR count). The number of carbonyl (C=O) groups is 1. The molecule has 1 aromatic carbocycles. The van der Waals surface area contributed by atoms with E-state index in [-0.39, 0.29) is 11.9 Å². The number of aryl methyl sites for hydroxylation is 1. The van der Waals surface area contributed by atoms with Crippen molar-refractivity contribution in [3.05, 3.63) is 35.4 Å².